The van der Waals surface area contributed by atoms with Gasteiger partial charge in [0.15, 0.2) is 0 Å². The first kappa shape index (κ1) is 15.5. The van der Waals surface area contributed by atoms with Crippen molar-refractivity contribution in [2.45, 2.75) is 38.8 Å². The Morgan fingerprint density at radius 3 is 2.48 bits per heavy atom. The van der Waals surface area contributed by atoms with Crippen LogP contribution in [0.3, 0.4) is 0 Å². The molecule has 21 heavy (non-hydrogen) atoms. The van der Waals surface area contributed by atoms with Gasteiger partial charge in [0.2, 0.25) is 11.6 Å². The summed E-state index contributed by atoms with van der Waals surface area (Å²) in [4.78, 5) is 24.7. The van der Waals surface area contributed by atoms with Crippen molar-refractivity contribution in [3.63, 3.8) is 0 Å². The summed E-state index contributed by atoms with van der Waals surface area (Å²) in [6, 6.07) is 0. The van der Waals surface area contributed by atoms with E-state index in [2.05, 4.69) is 5.10 Å². The molecule has 7 heteroatoms. The molecular weight excluding hydrogens is 277 g/mol. The molecule has 0 radical (unpaired) electrons. The first-order chi connectivity index (χ1) is 9.67. The minimum absolute atomic E-state index is 0.129. The molecule has 2 heterocycles. The third kappa shape index (κ3) is 2.52. The van der Waals surface area contributed by atoms with E-state index in [0.29, 0.717) is 0 Å². The van der Waals surface area contributed by atoms with Crippen molar-refractivity contribution in [2.24, 2.45) is 7.05 Å². The standard InChI is InChI=1S/C14H20FN3O3/c1-8(11-9(2)16-17(4)10(11)3)12(19)18-6-5-14(15,7-18)13(20)21/h8H,5-7H2,1-4H3,(H,20,21). The summed E-state index contributed by atoms with van der Waals surface area (Å²) in [6.07, 6.45) is -0.161. The van der Waals surface area contributed by atoms with Gasteiger partial charge >= 0.3 is 5.97 Å². The van der Waals surface area contributed by atoms with Crippen molar-refractivity contribution >= 4 is 11.9 Å². The number of carbonyl (C=O) groups excluding carboxylic acids is 1. The number of carboxylic acids is 1. The molecular formula is C14H20FN3O3. The second kappa shape index (κ2) is 5.13. The summed E-state index contributed by atoms with van der Waals surface area (Å²) < 4.78 is 15.8. The fourth-order valence-corrected chi connectivity index (χ4v) is 2.95. The van der Waals surface area contributed by atoms with Crippen LogP contribution in [0.15, 0.2) is 0 Å². The Morgan fingerprint density at radius 1 is 1.43 bits per heavy atom. The molecule has 2 unspecified atom stereocenters. The Labute approximate surface area is 122 Å². The fourth-order valence-electron chi connectivity index (χ4n) is 2.95. The third-order valence-corrected chi connectivity index (χ3v) is 4.28. The zero-order chi connectivity index (χ0) is 15.9. The topological polar surface area (TPSA) is 75.4 Å². The van der Waals surface area contributed by atoms with Crippen molar-refractivity contribution in [3.8, 4) is 0 Å². The maximum atomic E-state index is 14.1. The molecule has 0 spiro atoms. The number of aryl methyl sites for hydroxylation is 2. The van der Waals surface area contributed by atoms with Gasteiger partial charge in [-0.3, -0.25) is 9.48 Å². The first-order valence-corrected chi connectivity index (χ1v) is 6.88. The second-order valence-corrected chi connectivity index (χ2v) is 5.71. The van der Waals surface area contributed by atoms with E-state index in [4.69, 9.17) is 5.11 Å². The van der Waals surface area contributed by atoms with E-state index < -0.39 is 17.6 Å². The van der Waals surface area contributed by atoms with Gasteiger partial charge in [-0.25, -0.2) is 9.18 Å². The van der Waals surface area contributed by atoms with Crippen molar-refractivity contribution in [1.29, 1.82) is 0 Å². The van der Waals surface area contributed by atoms with Gasteiger partial charge in [-0.15, -0.1) is 0 Å². The predicted molar refractivity (Wildman–Crippen MR) is 73.8 cm³/mol. The number of rotatable bonds is 3. The molecule has 116 valence electrons. The van der Waals surface area contributed by atoms with Crippen LogP contribution in [0.5, 0.6) is 0 Å². The molecule has 1 N–H and O–H groups in total. The average Bonchev–Trinajstić information content (AvgIpc) is 2.91. The Morgan fingerprint density at radius 2 is 2.05 bits per heavy atom. The normalized spacial score (nSPS) is 23.4. The van der Waals surface area contributed by atoms with Crippen LogP contribution >= 0.6 is 0 Å². The molecule has 1 aromatic heterocycles. The van der Waals surface area contributed by atoms with Crippen molar-refractivity contribution in [3.05, 3.63) is 17.0 Å². The highest BCUT2D eigenvalue weighted by Crippen LogP contribution is 2.30. The zero-order valence-electron chi connectivity index (χ0n) is 12.7. The van der Waals surface area contributed by atoms with Gasteiger partial charge < -0.3 is 10.0 Å². The Balaban J connectivity index is 2.20. The second-order valence-electron chi connectivity index (χ2n) is 5.71. The van der Waals surface area contributed by atoms with Crippen molar-refractivity contribution in [2.75, 3.05) is 13.1 Å². The van der Waals surface area contributed by atoms with Crippen LogP contribution < -0.4 is 0 Å². The summed E-state index contributed by atoms with van der Waals surface area (Å²) in [6.45, 7) is 5.19. The molecule has 0 bridgehead atoms. The highest BCUT2D eigenvalue weighted by molar-refractivity contribution is 5.86. The molecule has 0 aliphatic carbocycles. The van der Waals surface area contributed by atoms with E-state index in [-0.39, 0.29) is 25.4 Å². The fraction of sp³-hybridized carbons (Fsp3) is 0.643. The van der Waals surface area contributed by atoms with Gasteiger partial charge in [-0.1, -0.05) is 0 Å². The van der Waals surface area contributed by atoms with Crippen molar-refractivity contribution in [1.82, 2.24) is 14.7 Å². The Kier molecular flexibility index (Phi) is 3.78. The number of hydrogen-bond donors (Lipinski definition) is 1. The summed E-state index contributed by atoms with van der Waals surface area (Å²) >= 11 is 0. The molecule has 6 nitrogen and oxygen atoms in total. The molecule has 1 aliphatic rings. The maximum absolute atomic E-state index is 14.1. The molecule has 1 saturated heterocycles. The van der Waals surface area contributed by atoms with Crippen LogP contribution in [0, 0.1) is 13.8 Å². The average molecular weight is 297 g/mol. The number of hydrogen-bond acceptors (Lipinski definition) is 3. The molecule has 0 aromatic carbocycles. The largest absolute Gasteiger partial charge is 0.479 e. The van der Waals surface area contributed by atoms with Crippen molar-refractivity contribution < 1.29 is 19.1 Å². The number of likely N-dealkylation sites (tertiary alicyclic amines) is 1. The number of nitrogens with zero attached hydrogens (tertiary/aromatic N) is 3. The van der Waals surface area contributed by atoms with E-state index in [0.717, 1.165) is 17.0 Å². The summed E-state index contributed by atoms with van der Waals surface area (Å²) in [5.74, 6) is -2.22. The van der Waals surface area contributed by atoms with E-state index in [1.165, 1.54) is 4.90 Å². The van der Waals surface area contributed by atoms with Gasteiger partial charge in [0, 0.05) is 31.3 Å². The van der Waals surface area contributed by atoms with Gasteiger partial charge in [0.25, 0.3) is 0 Å². The lowest BCUT2D eigenvalue weighted by molar-refractivity contribution is -0.150. The van der Waals surface area contributed by atoms with E-state index >= 15 is 0 Å². The lowest BCUT2D eigenvalue weighted by atomic mass is 9.97. The first-order valence-electron chi connectivity index (χ1n) is 6.88. The quantitative estimate of drug-likeness (QED) is 0.908. The molecule has 0 saturated carbocycles. The van der Waals surface area contributed by atoms with Crippen LogP contribution in [0.4, 0.5) is 4.39 Å². The number of aromatic nitrogens is 2. The zero-order valence-corrected chi connectivity index (χ0v) is 12.7. The number of alkyl halides is 1. The highest BCUT2D eigenvalue weighted by atomic mass is 19.1. The summed E-state index contributed by atoms with van der Waals surface area (Å²) in [5.41, 5.74) is 0.153. The van der Waals surface area contributed by atoms with Crippen LogP contribution in [-0.2, 0) is 16.6 Å². The van der Waals surface area contributed by atoms with Crippen LogP contribution in [0.2, 0.25) is 0 Å². The lowest BCUT2D eigenvalue weighted by Crippen LogP contribution is -2.40. The van der Waals surface area contributed by atoms with Gasteiger partial charge in [0.1, 0.15) is 0 Å². The molecule has 2 rings (SSSR count). The molecule has 2 atom stereocenters. The molecule has 1 aromatic rings. The maximum Gasteiger partial charge on any atom is 0.343 e. The summed E-state index contributed by atoms with van der Waals surface area (Å²) in [7, 11) is 1.80. The smallest absolute Gasteiger partial charge is 0.343 e. The van der Waals surface area contributed by atoms with Crippen LogP contribution in [0.1, 0.15) is 36.2 Å². The summed E-state index contributed by atoms with van der Waals surface area (Å²) in [5, 5.41) is 13.2. The van der Waals surface area contributed by atoms with Gasteiger partial charge in [0.05, 0.1) is 18.2 Å². The lowest BCUT2D eigenvalue weighted by Gasteiger charge is -2.22. The Hall–Kier alpha value is -1.92. The van der Waals surface area contributed by atoms with Gasteiger partial charge in [-0.05, 0) is 20.8 Å². The predicted octanol–water partition coefficient (Wildman–Crippen LogP) is 1.17. The number of carbonyl (C=O) groups is 2. The van der Waals surface area contributed by atoms with Crippen LogP contribution in [-0.4, -0.2) is 50.4 Å². The third-order valence-electron chi connectivity index (χ3n) is 4.28. The van der Waals surface area contributed by atoms with E-state index in [9.17, 15) is 14.0 Å². The molecule has 1 fully saturated rings. The number of amides is 1. The monoisotopic (exact) mass is 297 g/mol. The van der Waals surface area contributed by atoms with E-state index in [1.54, 1.807) is 18.7 Å². The molecule has 1 aliphatic heterocycles. The number of carboxylic acid groups (broad SMARTS) is 1. The number of halogens is 1. The van der Waals surface area contributed by atoms with Gasteiger partial charge in [-0.2, -0.15) is 5.10 Å². The minimum Gasteiger partial charge on any atom is -0.479 e. The highest BCUT2D eigenvalue weighted by Gasteiger charge is 2.47. The number of aliphatic carboxylic acids is 1. The SMILES string of the molecule is Cc1nn(C)c(C)c1C(C)C(=O)N1CCC(F)(C(=O)O)C1. The molecule has 1 amide bonds. The van der Waals surface area contributed by atoms with E-state index in [1.807, 2.05) is 13.8 Å². The Bertz CT molecular complexity index is 599. The minimum atomic E-state index is -2.32. The van der Waals surface area contributed by atoms with Crippen LogP contribution in [0.25, 0.3) is 0 Å².